The Morgan fingerprint density at radius 1 is 1.19 bits per heavy atom. The lowest BCUT2D eigenvalue weighted by atomic mass is 10.0. The molecule has 0 aromatic heterocycles. The molecule has 2 aromatic rings. The van der Waals surface area contributed by atoms with E-state index < -0.39 is 0 Å². The molecule has 0 fully saturated rings. The molecule has 2 nitrogen and oxygen atoms in total. The topological polar surface area (TPSA) is 21.3 Å². The van der Waals surface area contributed by atoms with Crippen LogP contribution in [0, 0.1) is 0 Å². The van der Waals surface area contributed by atoms with Crippen molar-refractivity contribution in [1.29, 1.82) is 0 Å². The first-order valence-electron chi connectivity index (χ1n) is 7.24. The Balaban J connectivity index is 1.62. The molecule has 0 aliphatic carbocycles. The Bertz CT molecular complexity index is 688. The van der Waals surface area contributed by atoms with Gasteiger partial charge in [-0.2, -0.15) is 0 Å². The van der Waals surface area contributed by atoms with Crippen LogP contribution in [0.1, 0.15) is 23.6 Å². The molecule has 2 aliphatic heterocycles. The Labute approximate surface area is 133 Å². The average molecular weight is 318 g/mol. The molecule has 4 rings (SSSR count). The van der Waals surface area contributed by atoms with Crippen LogP contribution in [-0.4, -0.2) is 12.4 Å². The zero-order chi connectivity index (χ0) is 14.2. The largest absolute Gasteiger partial charge is 0.493 e. The summed E-state index contributed by atoms with van der Waals surface area (Å²) in [5.74, 6) is 2.17. The normalized spacial score (nSPS) is 19.6. The van der Waals surface area contributed by atoms with Gasteiger partial charge in [-0.1, -0.05) is 11.6 Å². The first-order chi connectivity index (χ1) is 10.3. The van der Waals surface area contributed by atoms with Gasteiger partial charge in [-0.25, -0.2) is 0 Å². The second-order valence-corrected chi connectivity index (χ2v) is 7.01. The predicted molar refractivity (Wildman–Crippen MR) is 88.8 cm³/mol. The van der Waals surface area contributed by atoms with Gasteiger partial charge >= 0.3 is 0 Å². The van der Waals surface area contributed by atoms with Gasteiger partial charge in [0.05, 0.1) is 12.6 Å². The fourth-order valence-corrected chi connectivity index (χ4v) is 4.28. The highest BCUT2D eigenvalue weighted by Crippen LogP contribution is 2.39. The number of thioether (sulfide) groups is 1. The van der Waals surface area contributed by atoms with Crippen molar-refractivity contribution >= 4 is 29.1 Å². The van der Waals surface area contributed by atoms with Crippen molar-refractivity contribution in [3.63, 3.8) is 0 Å². The van der Waals surface area contributed by atoms with Gasteiger partial charge in [0.25, 0.3) is 0 Å². The molecular formula is C17H16ClNOS. The summed E-state index contributed by atoms with van der Waals surface area (Å²) in [6, 6.07) is 12.9. The van der Waals surface area contributed by atoms with Crippen molar-refractivity contribution in [2.24, 2.45) is 0 Å². The van der Waals surface area contributed by atoms with E-state index in [1.807, 2.05) is 17.8 Å². The van der Waals surface area contributed by atoms with Gasteiger partial charge in [-0.05, 0) is 53.9 Å². The number of rotatable bonds is 2. The lowest BCUT2D eigenvalue weighted by Gasteiger charge is -2.27. The number of ether oxygens (including phenoxy) is 1. The van der Waals surface area contributed by atoms with E-state index in [0.29, 0.717) is 6.04 Å². The number of hydrogen-bond acceptors (Lipinski definition) is 3. The van der Waals surface area contributed by atoms with Crippen LogP contribution in [0.2, 0.25) is 5.02 Å². The molecule has 108 valence electrons. The smallest absolute Gasteiger partial charge is 0.122 e. The Morgan fingerprint density at radius 2 is 2.14 bits per heavy atom. The Kier molecular flexibility index (Phi) is 3.48. The zero-order valence-electron chi connectivity index (χ0n) is 11.6. The highest BCUT2D eigenvalue weighted by atomic mass is 35.5. The minimum Gasteiger partial charge on any atom is -0.493 e. The lowest BCUT2D eigenvalue weighted by molar-refractivity contribution is 0.357. The van der Waals surface area contributed by atoms with Crippen molar-refractivity contribution in [1.82, 2.24) is 0 Å². The quantitative estimate of drug-likeness (QED) is 0.849. The van der Waals surface area contributed by atoms with Crippen LogP contribution < -0.4 is 10.1 Å². The summed E-state index contributed by atoms with van der Waals surface area (Å²) in [5.41, 5.74) is 3.79. The molecule has 21 heavy (non-hydrogen) atoms. The highest BCUT2D eigenvalue weighted by molar-refractivity contribution is 7.99. The molecule has 1 N–H and O–H groups in total. The minimum absolute atomic E-state index is 0.334. The summed E-state index contributed by atoms with van der Waals surface area (Å²) in [6.45, 7) is 0.803. The van der Waals surface area contributed by atoms with Crippen molar-refractivity contribution in [2.45, 2.75) is 23.8 Å². The van der Waals surface area contributed by atoms with E-state index in [9.17, 15) is 0 Å². The first-order valence-corrected chi connectivity index (χ1v) is 8.60. The Morgan fingerprint density at radius 3 is 3.10 bits per heavy atom. The summed E-state index contributed by atoms with van der Waals surface area (Å²) in [7, 11) is 0. The summed E-state index contributed by atoms with van der Waals surface area (Å²) in [4.78, 5) is 1.34. The second kappa shape index (κ2) is 5.47. The third-order valence-electron chi connectivity index (χ3n) is 4.04. The molecular weight excluding hydrogens is 302 g/mol. The number of nitrogens with one attached hydrogen (secondary N) is 1. The molecule has 2 heterocycles. The number of hydrogen-bond donors (Lipinski definition) is 1. The van der Waals surface area contributed by atoms with Crippen molar-refractivity contribution in [3.05, 3.63) is 52.5 Å². The van der Waals surface area contributed by atoms with E-state index in [0.717, 1.165) is 36.0 Å². The lowest BCUT2D eigenvalue weighted by Crippen LogP contribution is -2.16. The van der Waals surface area contributed by atoms with Crippen LogP contribution in [0.15, 0.2) is 41.3 Å². The van der Waals surface area contributed by atoms with Crippen molar-refractivity contribution in [2.75, 3.05) is 17.7 Å². The van der Waals surface area contributed by atoms with Gasteiger partial charge in [-0.3, -0.25) is 0 Å². The zero-order valence-corrected chi connectivity index (χ0v) is 13.1. The monoisotopic (exact) mass is 317 g/mol. The van der Waals surface area contributed by atoms with Gasteiger partial charge in [0, 0.05) is 27.8 Å². The van der Waals surface area contributed by atoms with Gasteiger partial charge in [0.15, 0.2) is 0 Å². The number of halogens is 1. The molecule has 2 aromatic carbocycles. The van der Waals surface area contributed by atoms with Gasteiger partial charge < -0.3 is 10.1 Å². The maximum absolute atomic E-state index is 6.17. The minimum atomic E-state index is 0.334. The number of benzene rings is 2. The van der Waals surface area contributed by atoms with E-state index >= 15 is 0 Å². The summed E-state index contributed by atoms with van der Waals surface area (Å²) in [5, 5.41) is 4.48. The molecule has 2 aliphatic rings. The van der Waals surface area contributed by atoms with E-state index in [-0.39, 0.29) is 0 Å². The van der Waals surface area contributed by atoms with Crippen LogP contribution in [0.4, 0.5) is 5.69 Å². The van der Waals surface area contributed by atoms with Crippen LogP contribution in [-0.2, 0) is 6.42 Å². The summed E-state index contributed by atoms with van der Waals surface area (Å²) in [6.07, 6.45) is 2.12. The van der Waals surface area contributed by atoms with Crippen LogP contribution >= 0.6 is 23.4 Å². The maximum Gasteiger partial charge on any atom is 0.122 e. The third kappa shape index (κ3) is 2.60. The maximum atomic E-state index is 6.17. The SMILES string of the molecule is Clc1ccc2c(c1)C(Nc1ccc3c(c1)CCO3)CCS2. The number of anilines is 1. The van der Waals surface area contributed by atoms with E-state index in [1.54, 1.807) is 0 Å². The predicted octanol–water partition coefficient (Wildman–Crippen LogP) is 4.92. The number of fused-ring (bicyclic) bond motifs is 2. The highest BCUT2D eigenvalue weighted by Gasteiger charge is 2.21. The molecule has 0 amide bonds. The fourth-order valence-electron chi connectivity index (χ4n) is 2.99. The molecule has 4 heteroatoms. The van der Waals surface area contributed by atoms with Crippen LogP contribution in [0.3, 0.4) is 0 Å². The summed E-state index contributed by atoms with van der Waals surface area (Å²) >= 11 is 8.08. The molecule has 1 atom stereocenters. The summed E-state index contributed by atoms with van der Waals surface area (Å²) < 4.78 is 5.57. The molecule has 0 radical (unpaired) electrons. The van der Waals surface area contributed by atoms with E-state index in [2.05, 4.69) is 35.6 Å². The fraction of sp³-hybridized carbons (Fsp3) is 0.294. The molecule has 0 spiro atoms. The first kappa shape index (κ1) is 13.4. The van der Waals surface area contributed by atoms with E-state index in [1.165, 1.54) is 21.7 Å². The molecule has 0 saturated carbocycles. The van der Waals surface area contributed by atoms with Gasteiger partial charge in [0.2, 0.25) is 0 Å². The van der Waals surface area contributed by atoms with E-state index in [4.69, 9.17) is 16.3 Å². The molecule has 0 bridgehead atoms. The van der Waals surface area contributed by atoms with Gasteiger partial charge in [-0.15, -0.1) is 11.8 Å². The van der Waals surface area contributed by atoms with Gasteiger partial charge in [0.1, 0.15) is 5.75 Å². The third-order valence-corrected chi connectivity index (χ3v) is 5.40. The Hall–Kier alpha value is -1.32. The second-order valence-electron chi connectivity index (χ2n) is 5.44. The van der Waals surface area contributed by atoms with Crippen molar-refractivity contribution in [3.8, 4) is 5.75 Å². The van der Waals surface area contributed by atoms with Crippen molar-refractivity contribution < 1.29 is 4.74 Å². The molecule has 0 saturated heterocycles. The standard InChI is InChI=1S/C17H16ClNOS/c18-12-1-4-17-14(10-12)15(6-8-21-17)19-13-2-3-16-11(9-13)5-7-20-16/h1-4,9-10,15,19H,5-8H2. The average Bonchev–Trinajstić information content (AvgIpc) is 2.95. The van der Waals surface area contributed by atoms with Crippen LogP contribution in [0.25, 0.3) is 0 Å². The molecule has 1 unspecified atom stereocenters. The van der Waals surface area contributed by atoms with Crippen LogP contribution in [0.5, 0.6) is 5.75 Å².